The van der Waals surface area contributed by atoms with Gasteiger partial charge in [-0.05, 0) is 60.7 Å². The van der Waals surface area contributed by atoms with Gasteiger partial charge >= 0.3 is 0 Å². The number of halogens is 1. The maximum absolute atomic E-state index is 12.7. The van der Waals surface area contributed by atoms with Crippen molar-refractivity contribution in [1.29, 1.82) is 0 Å². The molecule has 0 aliphatic heterocycles. The molecule has 0 bridgehead atoms. The molecule has 0 aliphatic rings. The second kappa shape index (κ2) is 8.43. The van der Waals surface area contributed by atoms with Gasteiger partial charge in [0.1, 0.15) is 11.5 Å². The summed E-state index contributed by atoms with van der Waals surface area (Å²) in [4.78, 5) is 15.6. The van der Waals surface area contributed by atoms with Gasteiger partial charge in [0.05, 0.1) is 19.4 Å². The molecule has 0 atom stereocenters. The molecule has 136 valence electrons. The summed E-state index contributed by atoms with van der Waals surface area (Å²) in [6.45, 7) is 4.74. The van der Waals surface area contributed by atoms with Crippen LogP contribution in [0.1, 0.15) is 21.8 Å². The molecule has 0 fully saturated rings. The van der Waals surface area contributed by atoms with Crippen molar-refractivity contribution >= 4 is 28.8 Å². The van der Waals surface area contributed by atoms with Crippen LogP contribution in [0.4, 0.5) is 0 Å². The maximum Gasteiger partial charge on any atom is 0.261 e. The van der Waals surface area contributed by atoms with Crippen LogP contribution >= 0.6 is 22.9 Å². The zero-order chi connectivity index (χ0) is 18.5. The van der Waals surface area contributed by atoms with Crippen LogP contribution in [0.2, 0.25) is 5.02 Å². The molecule has 2 heterocycles. The Hall–Kier alpha value is -2.24. The number of carbonyl (C=O) groups excluding carboxylic acids is 1. The van der Waals surface area contributed by atoms with E-state index in [1.165, 1.54) is 0 Å². The number of rotatable bonds is 7. The zero-order valence-electron chi connectivity index (χ0n) is 14.7. The molecule has 3 rings (SSSR count). The number of nitrogens with zero attached hydrogens (tertiary/aromatic N) is 1. The van der Waals surface area contributed by atoms with E-state index in [1.807, 2.05) is 55.6 Å². The van der Waals surface area contributed by atoms with Gasteiger partial charge in [-0.3, -0.25) is 4.79 Å². The minimum absolute atomic E-state index is 0.0351. The molecule has 0 spiro atoms. The van der Waals surface area contributed by atoms with Gasteiger partial charge in [0, 0.05) is 9.90 Å². The number of amides is 1. The quantitative estimate of drug-likeness (QED) is 0.556. The van der Waals surface area contributed by atoms with Crippen LogP contribution in [-0.2, 0) is 17.9 Å². The molecule has 0 saturated carbocycles. The number of aryl methyl sites for hydroxylation is 2. The van der Waals surface area contributed by atoms with Crippen LogP contribution in [-0.4, -0.2) is 17.4 Å². The molecule has 0 radical (unpaired) electrons. The van der Waals surface area contributed by atoms with Gasteiger partial charge in [-0.25, -0.2) is 0 Å². The monoisotopic (exact) mass is 389 g/mol. The van der Waals surface area contributed by atoms with Gasteiger partial charge < -0.3 is 14.1 Å². The molecule has 1 aromatic carbocycles. The predicted molar refractivity (Wildman–Crippen MR) is 104 cm³/mol. The number of furan rings is 1. The summed E-state index contributed by atoms with van der Waals surface area (Å²) in [5.41, 5.74) is 1.86. The molecule has 4 nitrogen and oxygen atoms in total. The van der Waals surface area contributed by atoms with Crippen LogP contribution in [0.5, 0.6) is 5.75 Å². The Labute approximate surface area is 162 Å². The van der Waals surface area contributed by atoms with Gasteiger partial charge in [-0.2, -0.15) is 0 Å². The van der Waals surface area contributed by atoms with Crippen molar-refractivity contribution in [1.82, 2.24) is 4.90 Å². The van der Waals surface area contributed by atoms with Gasteiger partial charge in [0.25, 0.3) is 5.91 Å². The molecule has 0 unspecified atom stereocenters. The lowest BCUT2D eigenvalue weighted by Crippen LogP contribution is -2.33. The fourth-order valence-corrected chi connectivity index (χ4v) is 3.47. The number of hydrogen-bond acceptors (Lipinski definition) is 4. The van der Waals surface area contributed by atoms with Crippen molar-refractivity contribution in [3.63, 3.8) is 0 Å². The summed E-state index contributed by atoms with van der Waals surface area (Å²) in [7, 11) is 0. The van der Waals surface area contributed by atoms with E-state index in [9.17, 15) is 4.79 Å². The summed E-state index contributed by atoms with van der Waals surface area (Å²) >= 11 is 7.80. The zero-order valence-corrected chi connectivity index (χ0v) is 16.3. The van der Waals surface area contributed by atoms with E-state index in [1.54, 1.807) is 22.5 Å². The summed E-state index contributed by atoms with van der Waals surface area (Å²) < 4.78 is 11.1. The largest absolute Gasteiger partial charge is 0.484 e. The Morgan fingerprint density at radius 1 is 1.19 bits per heavy atom. The first-order valence-electron chi connectivity index (χ1n) is 8.25. The molecule has 1 amide bonds. The second-order valence-corrected chi connectivity index (χ2v) is 7.48. The van der Waals surface area contributed by atoms with Crippen molar-refractivity contribution in [2.45, 2.75) is 26.9 Å². The number of ether oxygens (including phenoxy) is 1. The average molecular weight is 390 g/mol. The Balaban J connectivity index is 1.68. The number of hydrogen-bond donors (Lipinski definition) is 0. The van der Waals surface area contributed by atoms with Crippen LogP contribution in [0.25, 0.3) is 0 Å². The van der Waals surface area contributed by atoms with Crippen LogP contribution in [0.3, 0.4) is 0 Å². The molecule has 0 aliphatic carbocycles. The first kappa shape index (κ1) is 18.5. The van der Waals surface area contributed by atoms with Crippen molar-refractivity contribution in [3.05, 3.63) is 74.8 Å². The van der Waals surface area contributed by atoms with Crippen LogP contribution in [0, 0.1) is 13.8 Å². The third kappa shape index (κ3) is 4.68. The maximum atomic E-state index is 12.7. The molecule has 0 saturated heterocycles. The van der Waals surface area contributed by atoms with E-state index in [0.29, 0.717) is 18.8 Å². The minimum Gasteiger partial charge on any atom is -0.484 e. The van der Waals surface area contributed by atoms with E-state index in [0.717, 1.165) is 26.8 Å². The SMILES string of the molecule is Cc1cc(OCC(=O)N(Cc2ccco2)Cc2cccs2)cc(C)c1Cl. The third-order valence-corrected chi connectivity index (χ3v) is 5.44. The normalized spacial score (nSPS) is 10.7. The number of benzene rings is 1. The third-order valence-electron chi connectivity index (χ3n) is 3.98. The molecule has 2 aromatic heterocycles. The fourth-order valence-electron chi connectivity index (χ4n) is 2.64. The summed E-state index contributed by atoms with van der Waals surface area (Å²) in [5, 5.41) is 2.72. The molecule has 26 heavy (non-hydrogen) atoms. The molecular weight excluding hydrogens is 370 g/mol. The second-order valence-electron chi connectivity index (χ2n) is 6.07. The Morgan fingerprint density at radius 2 is 1.96 bits per heavy atom. The minimum atomic E-state index is -0.0972. The highest BCUT2D eigenvalue weighted by molar-refractivity contribution is 7.09. The van der Waals surface area contributed by atoms with Crippen molar-refractivity contribution < 1.29 is 13.9 Å². The Kier molecular flexibility index (Phi) is 6.01. The summed E-state index contributed by atoms with van der Waals surface area (Å²) in [6.07, 6.45) is 1.61. The summed E-state index contributed by atoms with van der Waals surface area (Å²) in [5.74, 6) is 1.29. The molecule has 0 N–H and O–H groups in total. The highest BCUT2D eigenvalue weighted by Crippen LogP contribution is 2.26. The molecular formula is C20H20ClNO3S. The first-order valence-corrected chi connectivity index (χ1v) is 9.51. The fraction of sp³-hybridized carbons (Fsp3) is 0.250. The van der Waals surface area contributed by atoms with Crippen molar-refractivity contribution in [3.8, 4) is 5.75 Å². The van der Waals surface area contributed by atoms with Crippen molar-refractivity contribution in [2.24, 2.45) is 0 Å². The highest BCUT2D eigenvalue weighted by atomic mass is 35.5. The van der Waals surface area contributed by atoms with E-state index in [2.05, 4.69) is 0 Å². The summed E-state index contributed by atoms with van der Waals surface area (Å²) in [6, 6.07) is 11.4. The first-order chi connectivity index (χ1) is 12.5. The Bertz CT molecular complexity index is 800. The number of carbonyl (C=O) groups is 1. The lowest BCUT2D eigenvalue weighted by atomic mass is 10.1. The van der Waals surface area contributed by atoms with E-state index < -0.39 is 0 Å². The van der Waals surface area contributed by atoms with Crippen LogP contribution in [0.15, 0.2) is 52.5 Å². The van der Waals surface area contributed by atoms with E-state index >= 15 is 0 Å². The lowest BCUT2D eigenvalue weighted by molar-refractivity contribution is -0.134. The topological polar surface area (TPSA) is 42.7 Å². The standard InChI is InChI=1S/C20H20ClNO3S/c1-14-9-17(10-15(2)20(14)21)25-13-19(23)22(11-16-5-3-7-24-16)12-18-6-4-8-26-18/h3-10H,11-13H2,1-2H3. The van der Waals surface area contributed by atoms with Crippen molar-refractivity contribution in [2.75, 3.05) is 6.61 Å². The number of thiophene rings is 1. The van der Waals surface area contributed by atoms with E-state index in [4.69, 9.17) is 20.8 Å². The van der Waals surface area contributed by atoms with Gasteiger partial charge in [0.2, 0.25) is 0 Å². The Morgan fingerprint density at radius 3 is 2.58 bits per heavy atom. The smallest absolute Gasteiger partial charge is 0.261 e. The van der Waals surface area contributed by atoms with E-state index in [-0.39, 0.29) is 12.5 Å². The molecule has 3 aromatic rings. The van der Waals surface area contributed by atoms with Gasteiger partial charge in [-0.1, -0.05) is 17.7 Å². The van der Waals surface area contributed by atoms with Gasteiger partial charge in [-0.15, -0.1) is 11.3 Å². The highest BCUT2D eigenvalue weighted by Gasteiger charge is 2.17. The molecule has 6 heteroatoms. The van der Waals surface area contributed by atoms with Gasteiger partial charge in [0.15, 0.2) is 6.61 Å². The predicted octanol–water partition coefficient (Wildman–Crippen LogP) is 5.22. The van der Waals surface area contributed by atoms with Crippen LogP contribution < -0.4 is 4.74 Å². The average Bonchev–Trinajstić information content (AvgIpc) is 3.30. The lowest BCUT2D eigenvalue weighted by Gasteiger charge is -2.21.